The molecule has 218 valence electrons. The fourth-order valence-electron chi connectivity index (χ4n) is 4.28. The van der Waals surface area contributed by atoms with Gasteiger partial charge in [0.25, 0.3) is 0 Å². The molecule has 1 aromatic carbocycles. The first-order chi connectivity index (χ1) is 19.8. The molecule has 0 radical (unpaired) electrons. The number of H-pyrrole nitrogens is 1. The van der Waals surface area contributed by atoms with Crippen LogP contribution >= 0.6 is 11.8 Å². The number of rotatable bonds is 9. The van der Waals surface area contributed by atoms with Crippen LogP contribution < -0.4 is 16.0 Å². The molecule has 1 unspecified atom stereocenters. The molecule has 3 aromatic heterocycles. The molecular weight excluding hydrogens is 542 g/mol. The summed E-state index contributed by atoms with van der Waals surface area (Å²) in [5.74, 6) is 1.23. The predicted molar refractivity (Wildman–Crippen MR) is 160 cm³/mol. The molecule has 1 aliphatic rings. The van der Waals surface area contributed by atoms with Gasteiger partial charge in [0.15, 0.2) is 11.6 Å². The number of ether oxygens (including phenoxy) is 1. The fourth-order valence-corrected chi connectivity index (χ4v) is 5.03. The van der Waals surface area contributed by atoms with Crippen molar-refractivity contribution in [3.63, 3.8) is 0 Å². The lowest BCUT2D eigenvalue weighted by molar-refractivity contribution is -0.117. The Balaban J connectivity index is 0.00000189. The third kappa shape index (κ3) is 8.44. The molecule has 1 saturated heterocycles. The second-order valence-corrected chi connectivity index (χ2v) is 10.7. The Kier molecular flexibility index (Phi) is 10.2. The molecule has 4 heterocycles. The second kappa shape index (κ2) is 14.0. The number of aryl methyl sites for hydroxylation is 1. The Hall–Kier alpha value is -4.10. The van der Waals surface area contributed by atoms with Crippen LogP contribution in [0.4, 0.5) is 22.1 Å². The number of carbonyl (C=O) groups is 2. The molecule has 1 aliphatic heterocycles. The summed E-state index contributed by atoms with van der Waals surface area (Å²) >= 11 is 1.42. The average Bonchev–Trinajstić information content (AvgIpc) is 3.68. The van der Waals surface area contributed by atoms with Gasteiger partial charge in [-0.1, -0.05) is 13.8 Å². The SMILES string of the molecule is CC.Cc1cc(Nc2nc(Sc3ccc(NC(=O)CN4CCC(NC(=O)OC(C)C)C4)cc3)nn3cccc23)n[nH]1. The molecule has 4 aromatic rings. The standard InChI is InChI=1S/C26H31N9O3S.C2H6/c1-16(2)38-26(37)28-19-10-12-34(14-19)15-23(36)27-18-6-8-20(9-7-18)39-25-30-24(21-5-4-11-35(21)33-25)29-22-13-17(3)31-32-22;1-2/h4-9,11,13,16,19H,10,12,14-15H2,1-3H3,(H,27,36)(H,28,37)(H2,29,30,31,32,33);1-2H3. The summed E-state index contributed by atoms with van der Waals surface area (Å²) in [6.45, 7) is 11.2. The highest BCUT2D eigenvalue weighted by molar-refractivity contribution is 7.99. The summed E-state index contributed by atoms with van der Waals surface area (Å²) in [6, 6.07) is 13.3. The highest BCUT2D eigenvalue weighted by atomic mass is 32.2. The maximum Gasteiger partial charge on any atom is 0.407 e. The molecule has 4 N–H and O–H groups in total. The van der Waals surface area contributed by atoms with Crippen LogP contribution in [0.3, 0.4) is 0 Å². The van der Waals surface area contributed by atoms with E-state index in [4.69, 9.17) is 9.72 Å². The number of aromatic amines is 1. The summed E-state index contributed by atoms with van der Waals surface area (Å²) < 4.78 is 6.91. The van der Waals surface area contributed by atoms with Gasteiger partial charge in [-0.15, -0.1) is 5.10 Å². The lowest BCUT2D eigenvalue weighted by atomic mass is 10.3. The van der Waals surface area contributed by atoms with Crippen LogP contribution in [0.15, 0.2) is 58.7 Å². The van der Waals surface area contributed by atoms with Crippen LogP contribution in [0, 0.1) is 6.92 Å². The fraction of sp³-hybridized carbons (Fsp3) is 0.393. The van der Waals surface area contributed by atoms with Gasteiger partial charge in [0.1, 0.15) is 5.52 Å². The van der Waals surface area contributed by atoms with Crippen molar-refractivity contribution in [2.75, 3.05) is 30.3 Å². The average molecular weight is 580 g/mol. The van der Waals surface area contributed by atoms with E-state index in [1.54, 1.807) is 4.52 Å². The van der Waals surface area contributed by atoms with Gasteiger partial charge in [-0.2, -0.15) is 5.10 Å². The number of aromatic nitrogens is 5. The van der Waals surface area contributed by atoms with Crippen molar-refractivity contribution in [2.45, 2.75) is 63.2 Å². The smallest absolute Gasteiger partial charge is 0.407 e. The number of likely N-dealkylation sites (tertiary alicyclic amines) is 1. The van der Waals surface area contributed by atoms with Crippen LogP contribution in [0.2, 0.25) is 0 Å². The zero-order valence-corrected chi connectivity index (χ0v) is 24.8. The topological polar surface area (TPSA) is 142 Å². The van der Waals surface area contributed by atoms with Gasteiger partial charge in [0.2, 0.25) is 11.1 Å². The molecule has 0 saturated carbocycles. The van der Waals surface area contributed by atoms with E-state index in [0.29, 0.717) is 29.0 Å². The summed E-state index contributed by atoms with van der Waals surface area (Å²) in [5, 5.41) is 21.4. The third-order valence-corrected chi connectivity index (χ3v) is 6.84. The zero-order valence-electron chi connectivity index (χ0n) is 24.0. The number of carbonyl (C=O) groups excluding carboxylic acids is 2. The van der Waals surface area contributed by atoms with Crippen molar-refractivity contribution in [1.82, 2.24) is 35.0 Å². The first-order valence-electron chi connectivity index (χ1n) is 13.7. The molecule has 1 atom stereocenters. The Morgan fingerprint density at radius 3 is 2.68 bits per heavy atom. The van der Waals surface area contributed by atoms with E-state index in [0.717, 1.165) is 29.1 Å². The number of nitrogens with one attached hydrogen (secondary N) is 4. The van der Waals surface area contributed by atoms with Crippen molar-refractivity contribution >= 4 is 46.6 Å². The van der Waals surface area contributed by atoms with E-state index < -0.39 is 6.09 Å². The largest absolute Gasteiger partial charge is 0.447 e. The number of amides is 2. The maximum atomic E-state index is 12.6. The van der Waals surface area contributed by atoms with E-state index in [-0.39, 0.29) is 24.6 Å². The van der Waals surface area contributed by atoms with Gasteiger partial charge in [-0.3, -0.25) is 14.8 Å². The van der Waals surface area contributed by atoms with Crippen molar-refractivity contribution in [2.24, 2.45) is 0 Å². The quantitative estimate of drug-likeness (QED) is 0.219. The Labute approximate surface area is 243 Å². The highest BCUT2D eigenvalue weighted by Crippen LogP contribution is 2.29. The number of anilines is 3. The van der Waals surface area contributed by atoms with E-state index in [1.165, 1.54) is 11.8 Å². The summed E-state index contributed by atoms with van der Waals surface area (Å²) in [4.78, 5) is 32.1. The molecule has 1 fully saturated rings. The van der Waals surface area contributed by atoms with Gasteiger partial charge in [-0.05, 0) is 75.4 Å². The number of nitrogens with zero attached hydrogens (tertiary/aromatic N) is 5. The minimum Gasteiger partial charge on any atom is -0.447 e. The Bertz CT molecular complexity index is 1450. The minimum absolute atomic E-state index is 0.0209. The Morgan fingerprint density at radius 2 is 1.98 bits per heavy atom. The summed E-state index contributed by atoms with van der Waals surface area (Å²) in [5.41, 5.74) is 2.50. The van der Waals surface area contributed by atoms with Crippen LogP contribution in [0.25, 0.3) is 5.52 Å². The number of hydrogen-bond donors (Lipinski definition) is 4. The van der Waals surface area contributed by atoms with E-state index in [9.17, 15) is 9.59 Å². The van der Waals surface area contributed by atoms with E-state index in [1.807, 2.05) is 88.2 Å². The summed E-state index contributed by atoms with van der Waals surface area (Å²) in [7, 11) is 0. The first kappa shape index (κ1) is 29.9. The van der Waals surface area contributed by atoms with E-state index >= 15 is 0 Å². The molecule has 0 bridgehead atoms. The van der Waals surface area contributed by atoms with E-state index in [2.05, 4.69) is 31.2 Å². The van der Waals surface area contributed by atoms with Gasteiger partial charge >= 0.3 is 6.09 Å². The van der Waals surface area contributed by atoms with Gasteiger partial charge in [-0.25, -0.2) is 14.3 Å². The van der Waals surface area contributed by atoms with Crippen molar-refractivity contribution in [1.29, 1.82) is 0 Å². The molecule has 12 nitrogen and oxygen atoms in total. The van der Waals surface area contributed by atoms with Crippen molar-refractivity contribution in [3.8, 4) is 0 Å². The molecule has 13 heteroatoms. The number of hydrogen-bond acceptors (Lipinski definition) is 9. The van der Waals surface area contributed by atoms with Crippen molar-refractivity contribution < 1.29 is 14.3 Å². The number of fused-ring (bicyclic) bond motifs is 1. The molecular formula is C28H37N9O3S. The molecule has 41 heavy (non-hydrogen) atoms. The molecule has 0 spiro atoms. The van der Waals surface area contributed by atoms with Crippen LogP contribution in [0.5, 0.6) is 0 Å². The molecule has 5 rings (SSSR count). The first-order valence-corrected chi connectivity index (χ1v) is 14.5. The van der Waals surface area contributed by atoms with Crippen LogP contribution in [-0.2, 0) is 9.53 Å². The minimum atomic E-state index is -0.418. The maximum absolute atomic E-state index is 12.6. The van der Waals surface area contributed by atoms with Gasteiger partial charge in [0, 0.05) is 47.7 Å². The predicted octanol–water partition coefficient (Wildman–Crippen LogP) is 4.83. The lowest BCUT2D eigenvalue weighted by Gasteiger charge is -2.17. The zero-order chi connectivity index (χ0) is 29.4. The third-order valence-electron chi connectivity index (χ3n) is 5.98. The summed E-state index contributed by atoms with van der Waals surface area (Å²) in [6.07, 6.45) is 2.07. The molecule has 0 aliphatic carbocycles. The van der Waals surface area contributed by atoms with Gasteiger partial charge < -0.3 is 20.7 Å². The highest BCUT2D eigenvalue weighted by Gasteiger charge is 2.26. The Morgan fingerprint density at radius 1 is 1.20 bits per heavy atom. The molecule has 2 amide bonds. The van der Waals surface area contributed by atoms with Crippen LogP contribution in [0.1, 0.15) is 39.8 Å². The van der Waals surface area contributed by atoms with Gasteiger partial charge in [0.05, 0.1) is 12.6 Å². The normalized spacial score (nSPS) is 14.9. The lowest BCUT2D eigenvalue weighted by Crippen LogP contribution is -2.39. The van der Waals surface area contributed by atoms with Crippen LogP contribution in [-0.4, -0.2) is 73.5 Å². The number of benzene rings is 1. The second-order valence-electron chi connectivity index (χ2n) is 9.64. The van der Waals surface area contributed by atoms with Crippen molar-refractivity contribution in [3.05, 3.63) is 54.4 Å². The number of alkyl carbamates (subject to hydrolysis) is 1. The monoisotopic (exact) mass is 579 g/mol.